The van der Waals surface area contributed by atoms with E-state index in [2.05, 4.69) is 5.32 Å². The summed E-state index contributed by atoms with van der Waals surface area (Å²) in [5, 5.41) is 13.5. The predicted octanol–water partition coefficient (Wildman–Crippen LogP) is 1.51. The molecule has 0 saturated carbocycles. The summed E-state index contributed by atoms with van der Waals surface area (Å²) in [6.07, 6.45) is 0.867. The van der Waals surface area contributed by atoms with Crippen molar-refractivity contribution in [1.29, 1.82) is 0 Å². The molecule has 1 heterocycles. The van der Waals surface area contributed by atoms with Gasteiger partial charge in [-0.15, -0.1) is 0 Å². The van der Waals surface area contributed by atoms with Gasteiger partial charge in [-0.05, 0) is 6.42 Å². The van der Waals surface area contributed by atoms with Gasteiger partial charge in [0.05, 0.1) is 11.5 Å². The Morgan fingerprint density at radius 1 is 1.41 bits per heavy atom. The van der Waals surface area contributed by atoms with Gasteiger partial charge in [0.1, 0.15) is 0 Å². The average molecular weight is 235 g/mol. The molecule has 6 heteroatoms. The summed E-state index contributed by atoms with van der Waals surface area (Å²) >= 11 is 0. The Labute approximate surface area is 98.4 Å². The molecular formula is C11H13N3O3. The molecule has 1 aliphatic rings. The fraction of sp³-hybridized carbons (Fsp3) is 0.364. The largest absolute Gasteiger partial charge is 0.338 e. The highest BCUT2D eigenvalue weighted by Gasteiger charge is 2.21. The maximum absolute atomic E-state index is 11.5. The molecule has 0 bridgehead atoms. The van der Waals surface area contributed by atoms with Crippen LogP contribution in [0.2, 0.25) is 0 Å². The summed E-state index contributed by atoms with van der Waals surface area (Å²) in [5.74, 6) is 0. The van der Waals surface area contributed by atoms with Crippen LogP contribution in [-0.2, 0) is 6.54 Å². The zero-order valence-electron chi connectivity index (χ0n) is 9.26. The molecule has 0 spiro atoms. The number of nitrogens with zero attached hydrogens (tertiary/aromatic N) is 2. The van der Waals surface area contributed by atoms with Crippen LogP contribution in [0.25, 0.3) is 0 Å². The lowest BCUT2D eigenvalue weighted by Gasteiger charge is -2.27. The number of hydrogen-bond acceptors (Lipinski definition) is 3. The molecule has 0 aliphatic carbocycles. The topological polar surface area (TPSA) is 75.5 Å². The van der Waals surface area contributed by atoms with E-state index < -0.39 is 4.92 Å². The van der Waals surface area contributed by atoms with E-state index in [0.29, 0.717) is 18.7 Å². The van der Waals surface area contributed by atoms with Crippen molar-refractivity contribution in [1.82, 2.24) is 10.2 Å². The van der Waals surface area contributed by atoms with Crippen LogP contribution in [0, 0.1) is 10.1 Å². The minimum Gasteiger partial charge on any atom is -0.338 e. The second-order valence-electron chi connectivity index (χ2n) is 3.89. The molecule has 0 atom stereocenters. The van der Waals surface area contributed by atoms with Crippen LogP contribution in [0.5, 0.6) is 0 Å². The third-order valence-corrected chi connectivity index (χ3v) is 2.72. The second-order valence-corrected chi connectivity index (χ2v) is 3.89. The molecule has 0 radical (unpaired) electrons. The molecule has 1 fully saturated rings. The highest BCUT2D eigenvalue weighted by Crippen LogP contribution is 2.20. The van der Waals surface area contributed by atoms with E-state index in [1.165, 1.54) is 6.07 Å². The van der Waals surface area contributed by atoms with Crippen molar-refractivity contribution in [3.05, 3.63) is 39.9 Å². The first-order valence-electron chi connectivity index (χ1n) is 5.43. The SMILES string of the molecule is O=C1NCCCN1Cc1ccccc1[N+](=O)[O-]. The van der Waals surface area contributed by atoms with Crippen molar-refractivity contribution in [3.8, 4) is 0 Å². The lowest BCUT2D eigenvalue weighted by atomic mass is 10.1. The molecule has 1 aliphatic heterocycles. The average Bonchev–Trinajstić information content (AvgIpc) is 2.32. The van der Waals surface area contributed by atoms with Gasteiger partial charge in [0, 0.05) is 24.7 Å². The molecule has 2 rings (SSSR count). The number of nitrogens with one attached hydrogen (secondary N) is 1. The van der Waals surface area contributed by atoms with E-state index in [4.69, 9.17) is 0 Å². The van der Waals surface area contributed by atoms with E-state index >= 15 is 0 Å². The summed E-state index contributed by atoms with van der Waals surface area (Å²) in [4.78, 5) is 23.5. The van der Waals surface area contributed by atoms with Gasteiger partial charge in [-0.1, -0.05) is 18.2 Å². The van der Waals surface area contributed by atoms with Crippen LogP contribution >= 0.6 is 0 Å². The number of nitro benzene ring substituents is 1. The fourth-order valence-electron chi connectivity index (χ4n) is 1.86. The first kappa shape index (κ1) is 11.4. The fourth-order valence-corrected chi connectivity index (χ4v) is 1.86. The van der Waals surface area contributed by atoms with Crippen LogP contribution in [0.15, 0.2) is 24.3 Å². The molecule has 1 aromatic carbocycles. The lowest BCUT2D eigenvalue weighted by Crippen LogP contribution is -2.45. The second kappa shape index (κ2) is 4.82. The first-order valence-corrected chi connectivity index (χ1v) is 5.43. The molecule has 17 heavy (non-hydrogen) atoms. The van der Waals surface area contributed by atoms with Gasteiger partial charge >= 0.3 is 6.03 Å². The molecule has 1 saturated heterocycles. The number of benzene rings is 1. The number of para-hydroxylation sites is 1. The molecule has 6 nitrogen and oxygen atoms in total. The minimum atomic E-state index is -0.419. The van der Waals surface area contributed by atoms with Gasteiger partial charge in [-0.25, -0.2) is 4.79 Å². The van der Waals surface area contributed by atoms with Crippen molar-refractivity contribution in [2.45, 2.75) is 13.0 Å². The van der Waals surface area contributed by atoms with Gasteiger partial charge in [0.15, 0.2) is 0 Å². The maximum atomic E-state index is 11.5. The number of nitro groups is 1. The summed E-state index contributed by atoms with van der Waals surface area (Å²) < 4.78 is 0. The number of carbonyl (C=O) groups excluding carboxylic acids is 1. The van der Waals surface area contributed by atoms with Crippen molar-refractivity contribution in [3.63, 3.8) is 0 Å². The van der Waals surface area contributed by atoms with Crippen molar-refractivity contribution in [2.75, 3.05) is 13.1 Å². The van der Waals surface area contributed by atoms with Crippen LogP contribution in [0.4, 0.5) is 10.5 Å². The zero-order chi connectivity index (χ0) is 12.3. The van der Waals surface area contributed by atoms with Crippen LogP contribution in [0.1, 0.15) is 12.0 Å². The molecule has 90 valence electrons. The summed E-state index contributed by atoms with van der Waals surface area (Å²) in [6.45, 7) is 1.59. The van der Waals surface area contributed by atoms with Crippen molar-refractivity contribution < 1.29 is 9.72 Å². The molecule has 1 N–H and O–H groups in total. The third kappa shape index (κ3) is 2.52. The molecular weight excluding hydrogens is 222 g/mol. The van der Waals surface area contributed by atoms with Crippen molar-refractivity contribution in [2.24, 2.45) is 0 Å². The van der Waals surface area contributed by atoms with E-state index in [0.717, 1.165) is 6.42 Å². The van der Waals surface area contributed by atoms with Gasteiger partial charge in [0.25, 0.3) is 5.69 Å². The third-order valence-electron chi connectivity index (χ3n) is 2.72. The first-order chi connectivity index (χ1) is 8.18. The van der Waals surface area contributed by atoms with Gasteiger partial charge in [0.2, 0.25) is 0 Å². The number of urea groups is 1. The zero-order valence-corrected chi connectivity index (χ0v) is 9.26. The van der Waals surface area contributed by atoms with Crippen LogP contribution in [-0.4, -0.2) is 28.9 Å². The van der Waals surface area contributed by atoms with Gasteiger partial charge in [-0.3, -0.25) is 10.1 Å². The van der Waals surface area contributed by atoms with E-state index in [-0.39, 0.29) is 18.3 Å². The number of amides is 2. The highest BCUT2D eigenvalue weighted by molar-refractivity contribution is 5.75. The molecule has 1 aromatic rings. The number of carbonyl (C=O) groups is 1. The van der Waals surface area contributed by atoms with Crippen molar-refractivity contribution >= 4 is 11.7 Å². The summed E-state index contributed by atoms with van der Waals surface area (Å²) in [6, 6.07) is 6.34. The van der Waals surface area contributed by atoms with Crippen LogP contribution in [0.3, 0.4) is 0 Å². The van der Waals surface area contributed by atoms with Gasteiger partial charge < -0.3 is 10.2 Å². The minimum absolute atomic E-state index is 0.0610. The molecule has 0 aromatic heterocycles. The summed E-state index contributed by atoms with van der Waals surface area (Å²) in [7, 11) is 0. The monoisotopic (exact) mass is 235 g/mol. The Hall–Kier alpha value is -2.11. The van der Waals surface area contributed by atoms with E-state index in [1.807, 2.05) is 0 Å². The van der Waals surface area contributed by atoms with Gasteiger partial charge in [-0.2, -0.15) is 0 Å². The van der Waals surface area contributed by atoms with E-state index in [9.17, 15) is 14.9 Å². The predicted molar refractivity (Wildman–Crippen MR) is 61.5 cm³/mol. The number of rotatable bonds is 3. The lowest BCUT2D eigenvalue weighted by molar-refractivity contribution is -0.385. The standard InChI is InChI=1S/C11H13N3O3/c15-11-12-6-3-7-13(11)8-9-4-1-2-5-10(9)14(16)17/h1-2,4-5H,3,6-8H2,(H,12,15). The van der Waals surface area contributed by atoms with E-state index in [1.54, 1.807) is 23.1 Å². The van der Waals surface area contributed by atoms with Crippen LogP contribution < -0.4 is 5.32 Å². The molecule has 2 amide bonds. The quantitative estimate of drug-likeness (QED) is 0.637. The Kier molecular flexibility index (Phi) is 3.22. The number of hydrogen-bond donors (Lipinski definition) is 1. The smallest absolute Gasteiger partial charge is 0.317 e. The Morgan fingerprint density at radius 2 is 2.18 bits per heavy atom. The highest BCUT2D eigenvalue weighted by atomic mass is 16.6. The summed E-state index contributed by atoms with van der Waals surface area (Å²) in [5.41, 5.74) is 0.625. The normalized spacial score (nSPS) is 15.5. The molecule has 0 unspecified atom stereocenters. The Bertz CT molecular complexity index is 447. The Balaban J connectivity index is 2.17. The Morgan fingerprint density at radius 3 is 2.88 bits per heavy atom. The maximum Gasteiger partial charge on any atom is 0.317 e.